The van der Waals surface area contributed by atoms with Gasteiger partial charge in [-0.15, -0.1) is 5.10 Å². The second-order valence-electron chi connectivity index (χ2n) is 7.16. The van der Waals surface area contributed by atoms with Gasteiger partial charge in [0.25, 0.3) is 0 Å². The Labute approximate surface area is 157 Å². The van der Waals surface area contributed by atoms with Crippen molar-refractivity contribution in [1.29, 1.82) is 0 Å². The van der Waals surface area contributed by atoms with Crippen molar-refractivity contribution in [3.63, 3.8) is 0 Å². The number of rotatable bonds is 4. The molecule has 0 spiro atoms. The van der Waals surface area contributed by atoms with Crippen LogP contribution < -0.4 is 0 Å². The van der Waals surface area contributed by atoms with E-state index in [0.29, 0.717) is 11.9 Å². The molecule has 26 heavy (non-hydrogen) atoms. The van der Waals surface area contributed by atoms with Crippen LogP contribution in [0.2, 0.25) is 0 Å². The van der Waals surface area contributed by atoms with E-state index in [9.17, 15) is 5.11 Å². The summed E-state index contributed by atoms with van der Waals surface area (Å²) in [6, 6.07) is 10.9. The molecule has 0 radical (unpaired) electrons. The first kappa shape index (κ1) is 17.5. The van der Waals surface area contributed by atoms with Gasteiger partial charge < -0.3 is 10.0 Å². The van der Waals surface area contributed by atoms with E-state index in [-0.39, 0.29) is 11.9 Å². The quantitative estimate of drug-likeness (QED) is 0.764. The van der Waals surface area contributed by atoms with Gasteiger partial charge in [0.1, 0.15) is 5.82 Å². The molecule has 0 aliphatic carbocycles. The smallest absolute Gasteiger partial charge is 0.230 e. The number of aryl methyl sites for hydroxylation is 1. The molecule has 4 rings (SSSR count). The lowest BCUT2D eigenvalue weighted by Gasteiger charge is -2.39. The Morgan fingerprint density at radius 1 is 1.23 bits per heavy atom. The predicted molar refractivity (Wildman–Crippen MR) is 104 cm³/mol. The number of likely N-dealkylation sites (tertiary alicyclic amines) is 1. The van der Waals surface area contributed by atoms with Gasteiger partial charge in [-0.3, -0.25) is 4.90 Å². The molecule has 0 amide bonds. The molecule has 1 aliphatic rings. The summed E-state index contributed by atoms with van der Waals surface area (Å²) in [5, 5.41) is 15.2. The minimum atomic E-state index is -0.00147. The van der Waals surface area contributed by atoms with Crippen molar-refractivity contribution in [2.24, 2.45) is 0 Å². The van der Waals surface area contributed by atoms with Crippen molar-refractivity contribution in [3.05, 3.63) is 46.6 Å². The molecule has 1 saturated heterocycles. The fourth-order valence-corrected chi connectivity index (χ4v) is 5.03. The molecule has 3 aromatic rings. The zero-order chi connectivity index (χ0) is 18.3. The molecular weight excluding hydrogens is 346 g/mol. The topological polar surface area (TPSA) is 56.9 Å². The molecule has 1 fully saturated rings. The van der Waals surface area contributed by atoms with Crippen LogP contribution in [-0.2, 0) is 0 Å². The summed E-state index contributed by atoms with van der Waals surface area (Å²) < 4.78 is 1.56. The van der Waals surface area contributed by atoms with Crippen molar-refractivity contribution in [2.75, 3.05) is 27.2 Å². The maximum absolute atomic E-state index is 10.9. The normalized spacial score (nSPS) is 18.0. The molecule has 1 aromatic carbocycles. The monoisotopic (exact) mass is 371 g/mol. The Morgan fingerprint density at radius 3 is 2.58 bits per heavy atom. The fraction of sp³-hybridized carbons (Fsp3) is 0.474. The van der Waals surface area contributed by atoms with Crippen LogP contribution in [0.25, 0.3) is 4.96 Å². The number of piperidine rings is 1. The Bertz CT molecular complexity index is 882. The number of aromatic nitrogens is 3. The highest BCUT2D eigenvalue weighted by atomic mass is 32.1. The number of benzene rings is 1. The number of thiazole rings is 1. The van der Waals surface area contributed by atoms with Crippen molar-refractivity contribution in [2.45, 2.75) is 31.8 Å². The molecule has 1 aliphatic heterocycles. The van der Waals surface area contributed by atoms with Crippen LogP contribution in [0.4, 0.5) is 0 Å². The van der Waals surface area contributed by atoms with Gasteiger partial charge in [0.2, 0.25) is 10.8 Å². The Balaban J connectivity index is 1.75. The molecule has 1 unspecified atom stereocenters. The van der Waals surface area contributed by atoms with Gasteiger partial charge in [0.15, 0.2) is 0 Å². The second-order valence-corrected chi connectivity index (χ2v) is 8.17. The predicted octanol–water partition coefficient (Wildman–Crippen LogP) is 2.92. The van der Waals surface area contributed by atoms with Crippen LogP contribution in [-0.4, -0.2) is 62.7 Å². The minimum Gasteiger partial charge on any atom is -0.492 e. The molecular formula is C19H25N5OS. The number of aromatic hydroxyl groups is 1. The van der Waals surface area contributed by atoms with Crippen molar-refractivity contribution < 1.29 is 5.11 Å². The molecule has 7 heteroatoms. The molecule has 0 saturated carbocycles. The van der Waals surface area contributed by atoms with Crippen LogP contribution >= 0.6 is 11.3 Å². The van der Waals surface area contributed by atoms with Gasteiger partial charge in [0.05, 0.1) is 10.9 Å². The molecule has 0 bridgehead atoms. The largest absolute Gasteiger partial charge is 0.492 e. The van der Waals surface area contributed by atoms with Gasteiger partial charge in [-0.25, -0.2) is 4.98 Å². The summed E-state index contributed by atoms with van der Waals surface area (Å²) in [5.74, 6) is 0.886. The zero-order valence-electron chi connectivity index (χ0n) is 15.5. The van der Waals surface area contributed by atoms with E-state index >= 15 is 0 Å². The van der Waals surface area contributed by atoms with Crippen molar-refractivity contribution in [3.8, 4) is 5.88 Å². The Hall–Kier alpha value is -1.96. The molecule has 1 N–H and O–H groups in total. The number of hydrogen-bond donors (Lipinski definition) is 1. The van der Waals surface area contributed by atoms with E-state index in [2.05, 4.69) is 58.2 Å². The molecule has 3 heterocycles. The van der Waals surface area contributed by atoms with Crippen LogP contribution in [0.3, 0.4) is 0 Å². The highest BCUT2D eigenvalue weighted by Gasteiger charge is 2.32. The summed E-state index contributed by atoms with van der Waals surface area (Å²) >= 11 is 1.53. The minimum absolute atomic E-state index is 0.00147. The Morgan fingerprint density at radius 2 is 1.92 bits per heavy atom. The average molecular weight is 372 g/mol. The summed E-state index contributed by atoms with van der Waals surface area (Å²) in [7, 11) is 4.35. The van der Waals surface area contributed by atoms with E-state index in [1.165, 1.54) is 16.9 Å². The third kappa shape index (κ3) is 3.11. The molecule has 1 atom stereocenters. The standard InChI is InChI=1S/C19H25N5OS/c1-13-20-19-24(21-13)18(25)17(26-19)16(14-7-5-4-6-8-14)23(3)15-9-11-22(2)12-10-15/h4-8,15-16,25H,9-12H2,1-3H3. The lowest BCUT2D eigenvalue weighted by molar-refractivity contribution is 0.121. The third-order valence-electron chi connectivity index (χ3n) is 5.34. The van der Waals surface area contributed by atoms with E-state index in [0.717, 1.165) is 35.8 Å². The van der Waals surface area contributed by atoms with Crippen molar-refractivity contribution in [1.82, 2.24) is 24.4 Å². The van der Waals surface area contributed by atoms with Gasteiger partial charge >= 0.3 is 0 Å². The first-order chi connectivity index (χ1) is 12.5. The van der Waals surface area contributed by atoms with E-state index in [4.69, 9.17) is 0 Å². The van der Waals surface area contributed by atoms with Crippen LogP contribution in [0.15, 0.2) is 30.3 Å². The molecule has 2 aromatic heterocycles. The fourth-order valence-electron chi connectivity index (χ4n) is 3.85. The van der Waals surface area contributed by atoms with Crippen LogP contribution in [0.5, 0.6) is 5.88 Å². The summed E-state index contributed by atoms with van der Waals surface area (Å²) in [4.78, 5) is 10.9. The molecule has 138 valence electrons. The van der Waals surface area contributed by atoms with Gasteiger partial charge in [-0.1, -0.05) is 41.7 Å². The zero-order valence-corrected chi connectivity index (χ0v) is 16.3. The highest BCUT2D eigenvalue weighted by molar-refractivity contribution is 7.17. The number of fused-ring (bicyclic) bond motifs is 1. The molecule has 6 nitrogen and oxygen atoms in total. The van der Waals surface area contributed by atoms with E-state index in [1.807, 2.05) is 13.0 Å². The number of nitrogens with zero attached hydrogens (tertiary/aromatic N) is 5. The van der Waals surface area contributed by atoms with Crippen molar-refractivity contribution >= 4 is 16.3 Å². The van der Waals surface area contributed by atoms with Gasteiger partial charge in [-0.2, -0.15) is 4.52 Å². The van der Waals surface area contributed by atoms with Gasteiger partial charge in [-0.05, 0) is 52.5 Å². The maximum Gasteiger partial charge on any atom is 0.230 e. The number of hydrogen-bond acceptors (Lipinski definition) is 6. The van der Waals surface area contributed by atoms with E-state index in [1.54, 1.807) is 4.52 Å². The van der Waals surface area contributed by atoms with Gasteiger partial charge in [0, 0.05) is 6.04 Å². The second kappa shape index (κ2) is 6.98. The highest BCUT2D eigenvalue weighted by Crippen LogP contribution is 2.40. The SMILES string of the molecule is Cc1nc2sc(C(c3ccccc3)N(C)C3CCN(C)CC3)c(O)n2n1. The third-order valence-corrected chi connectivity index (χ3v) is 6.41. The first-order valence-corrected chi connectivity index (χ1v) is 9.86. The maximum atomic E-state index is 10.9. The Kier molecular flexibility index (Phi) is 4.69. The summed E-state index contributed by atoms with van der Waals surface area (Å²) in [5.41, 5.74) is 1.19. The lowest BCUT2D eigenvalue weighted by atomic mass is 9.98. The lowest BCUT2D eigenvalue weighted by Crippen LogP contribution is -2.43. The van der Waals surface area contributed by atoms with E-state index < -0.39 is 0 Å². The summed E-state index contributed by atoms with van der Waals surface area (Å²) in [6.45, 7) is 4.06. The average Bonchev–Trinajstić information content (AvgIpc) is 3.14. The van der Waals surface area contributed by atoms with Crippen LogP contribution in [0.1, 0.15) is 35.1 Å². The summed E-state index contributed by atoms with van der Waals surface area (Å²) in [6.07, 6.45) is 2.27. The van der Waals surface area contributed by atoms with Crippen LogP contribution in [0, 0.1) is 6.92 Å². The first-order valence-electron chi connectivity index (χ1n) is 9.05.